The molecule has 5 heteroatoms. The molecule has 0 aromatic carbocycles. The van der Waals surface area contributed by atoms with E-state index in [1.807, 2.05) is 0 Å². The maximum atomic E-state index is 10.6. The predicted molar refractivity (Wildman–Crippen MR) is 53.9 cm³/mol. The average molecular weight is 210 g/mol. The van der Waals surface area contributed by atoms with Crippen molar-refractivity contribution in [1.29, 1.82) is 0 Å². The first-order chi connectivity index (χ1) is 7.17. The van der Waals surface area contributed by atoms with Crippen LogP contribution in [0, 0.1) is 0 Å². The summed E-state index contributed by atoms with van der Waals surface area (Å²) >= 11 is 0. The van der Waals surface area contributed by atoms with Crippen LogP contribution in [0.15, 0.2) is 18.3 Å². The number of carbonyl (C=O) groups excluding carboxylic acids is 1. The van der Waals surface area contributed by atoms with Crippen molar-refractivity contribution in [3.05, 3.63) is 29.6 Å². The zero-order chi connectivity index (χ0) is 11.3. The average Bonchev–Trinajstić information content (AvgIpc) is 2.21. The third kappa shape index (κ3) is 3.30. The Morgan fingerprint density at radius 1 is 1.47 bits per heavy atom. The van der Waals surface area contributed by atoms with E-state index in [1.54, 1.807) is 18.3 Å². The van der Waals surface area contributed by atoms with Crippen molar-refractivity contribution in [2.45, 2.75) is 12.7 Å². The van der Waals surface area contributed by atoms with E-state index >= 15 is 0 Å². The van der Waals surface area contributed by atoms with Crippen molar-refractivity contribution in [2.24, 2.45) is 5.73 Å². The fourth-order valence-electron chi connectivity index (χ4n) is 1.22. The molecule has 0 saturated carbocycles. The second-order valence-corrected chi connectivity index (χ2v) is 3.04. The molecule has 0 atom stereocenters. The molecule has 1 amide bonds. The van der Waals surface area contributed by atoms with Crippen molar-refractivity contribution >= 4 is 5.91 Å². The molecule has 0 saturated heterocycles. The molecule has 0 spiro atoms. The van der Waals surface area contributed by atoms with Crippen LogP contribution < -0.4 is 5.73 Å². The second kappa shape index (κ2) is 5.43. The zero-order valence-corrected chi connectivity index (χ0v) is 8.77. The van der Waals surface area contributed by atoms with Gasteiger partial charge in [0.1, 0.15) is 0 Å². The molecule has 1 rings (SSSR count). The number of carbonyl (C=O) groups is 1. The molecule has 0 bridgehead atoms. The Bertz CT molecular complexity index is 320. The monoisotopic (exact) mass is 210 g/mol. The maximum absolute atomic E-state index is 10.6. The number of hydrogen-bond acceptors (Lipinski definition) is 4. The highest BCUT2D eigenvalue weighted by Crippen LogP contribution is 2.14. The van der Waals surface area contributed by atoms with E-state index in [0.717, 1.165) is 5.56 Å². The number of nitrogens with zero attached hydrogens (tertiary/aromatic N) is 1. The summed E-state index contributed by atoms with van der Waals surface area (Å²) in [5.41, 5.74) is 6.49. The number of methoxy groups -OCH3 is 2. The van der Waals surface area contributed by atoms with Crippen LogP contribution in [0.2, 0.25) is 0 Å². The number of rotatable bonds is 5. The molecule has 0 radical (unpaired) electrons. The van der Waals surface area contributed by atoms with E-state index in [2.05, 4.69) is 4.98 Å². The summed E-state index contributed by atoms with van der Waals surface area (Å²) in [6, 6.07) is 3.52. The van der Waals surface area contributed by atoms with Gasteiger partial charge in [-0.2, -0.15) is 0 Å². The molecule has 0 aliphatic carbocycles. The minimum Gasteiger partial charge on any atom is -0.369 e. The van der Waals surface area contributed by atoms with Gasteiger partial charge in [-0.1, -0.05) is 6.07 Å². The number of pyridine rings is 1. The molecule has 2 N–H and O–H groups in total. The topological polar surface area (TPSA) is 74.4 Å². The van der Waals surface area contributed by atoms with Crippen LogP contribution in [0.3, 0.4) is 0 Å². The quantitative estimate of drug-likeness (QED) is 0.714. The molecule has 0 aliphatic heterocycles. The Morgan fingerprint density at radius 3 is 2.53 bits per heavy atom. The van der Waals surface area contributed by atoms with E-state index < -0.39 is 6.29 Å². The number of amides is 1. The Kier molecular flexibility index (Phi) is 4.20. The van der Waals surface area contributed by atoms with Gasteiger partial charge in [-0.05, 0) is 11.6 Å². The van der Waals surface area contributed by atoms with Crippen LogP contribution in [-0.2, 0) is 20.7 Å². The van der Waals surface area contributed by atoms with Gasteiger partial charge in [0.05, 0.1) is 12.1 Å². The number of primary amides is 1. The third-order valence-corrected chi connectivity index (χ3v) is 1.90. The van der Waals surface area contributed by atoms with Crippen LogP contribution in [0.25, 0.3) is 0 Å². The fraction of sp³-hybridized carbons (Fsp3) is 0.400. The Hall–Kier alpha value is -1.46. The van der Waals surface area contributed by atoms with Crippen LogP contribution in [0.4, 0.5) is 0 Å². The van der Waals surface area contributed by atoms with Crippen LogP contribution >= 0.6 is 0 Å². The first-order valence-electron chi connectivity index (χ1n) is 4.46. The van der Waals surface area contributed by atoms with Crippen LogP contribution in [-0.4, -0.2) is 25.1 Å². The summed E-state index contributed by atoms with van der Waals surface area (Å²) < 4.78 is 10.1. The molecule has 15 heavy (non-hydrogen) atoms. The van der Waals surface area contributed by atoms with Crippen LogP contribution in [0.1, 0.15) is 17.5 Å². The molecule has 82 valence electrons. The first-order valence-corrected chi connectivity index (χ1v) is 4.46. The minimum atomic E-state index is -0.479. The van der Waals surface area contributed by atoms with Gasteiger partial charge in [-0.25, -0.2) is 0 Å². The minimum absolute atomic E-state index is 0.192. The second-order valence-electron chi connectivity index (χ2n) is 3.04. The molecule has 5 nitrogen and oxygen atoms in total. The van der Waals surface area contributed by atoms with Gasteiger partial charge in [0.15, 0.2) is 0 Å². The predicted octanol–water partition coefficient (Wildman–Crippen LogP) is 0.401. The van der Waals surface area contributed by atoms with Crippen molar-refractivity contribution < 1.29 is 14.3 Å². The standard InChI is InChI=1S/C10H14N2O3/c1-14-10(15-2)8-4-3-7(6-12-8)5-9(11)13/h3-4,6,10H,5H2,1-2H3,(H2,11,13). The molecule has 0 unspecified atom stereocenters. The number of aromatic nitrogens is 1. The normalized spacial score (nSPS) is 10.6. The Balaban J connectivity index is 2.75. The van der Waals surface area contributed by atoms with Gasteiger partial charge in [0.2, 0.25) is 12.2 Å². The summed E-state index contributed by atoms with van der Waals surface area (Å²) in [7, 11) is 3.07. The van der Waals surface area contributed by atoms with Gasteiger partial charge in [0.25, 0.3) is 0 Å². The largest absolute Gasteiger partial charge is 0.369 e. The highest BCUT2D eigenvalue weighted by Gasteiger charge is 2.10. The lowest BCUT2D eigenvalue weighted by Gasteiger charge is -2.12. The van der Waals surface area contributed by atoms with Gasteiger partial charge < -0.3 is 15.2 Å². The summed E-state index contributed by atoms with van der Waals surface area (Å²) in [5, 5.41) is 0. The van der Waals surface area contributed by atoms with E-state index in [9.17, 15) is 4.79 Å². The van der Waals surface area contributed by atoms with E-state index in [1.165, 1.54) is 14.2 Å². The SMILES string of the molecule is COC(OC)c1ccc(CC(N)=O)cn1. The fourth-order valence-corrected chi connectivity index (χ4v) is 1.22. The van der Waals surface area contributed by atoms with Crippen molar-refractivity contribution in [1.82, 2.24) is 4.98 Å². The maximum Gasteiger partial charge on any atom is 0.221 e. The van der Waals surface area contributed by atoms with Crippen molar-refractivity contribution in [2.75, 3.05) is 14.2 Å². The Morgan fingerprint density at radius 2 is 2.13 bits per heavy atom. The third-order valence-electron chi connectivity index (χ3n) is 1.90. The molecule has 1 heterocycles. The van der Waals surface area contributed by atoms with E-state index in [-0.39, 0.29) is 12.3 Å². The number of nitrogens with two attached hydrogens (primary N) is 1. The summed E-state index contributed by atoms with van der Waals surface area (Å²) in [5.74, 6) is -0.375. The molecule has 0 fully saturated rings. The smallest absolute Gasteiger partial charge is 0.221 e. The highest BCUT2D eigenvalue weighted by atomic mass is 16.7. The summed E-state index contributed by atoms with van der Waals surface area (Å²) in [4.78, 5) is 14.8. The lowest BCUT2D eigenvalue weighted by atomic mass is 10.2. The van der Waals surface area contributed by atoms with Gasteiger partial charge >= 0.3 is 0 Å². The van der Waals surface area contributed by atoms with Crippen molar-refractivity contribution in [3.63, 3.8) is 0 Å². The molecular weight excluding hydrogens is 196 g/mol. The molecular formula is C10H14N2O3. The zero-order valence-electron chi connectivity index (χ0n) is 8.77. The lowest BCUT2D eigenvalue weighted by molar-refractivity contribution is -0.117. The Labute approximate surface area is 88.2 Å². The molecule has 1 aromatic rings. The van der Waals surface area contributed by atoms with Crippen LogP contribution in [0.5, 0.6) is 0 Å². The molecule has 1 aromatic heterocycles. The number of ether oxygens (including phenoxy) is 2. The summed E-state index contributed by atoms with van der Waals surface area (Å²) in [6.07, 6.45) is 1.30. The summed E-state index contributed by atoms with van der Waals surface area (Å²) in [6.45, 7) is 0. The van der Waals surface area contributed by atoms with Crippen molar-refractivity contribution in [3.8, 4) is 0 Å². The van der Waals surface area contributed by atoms with Gasteiger partial charge in [0, 0.05) is 20.4 Å². The van der Waals surface area contributed by atoms with E-state index in [4.69, 9.17) is 15.2 Å². The first kappa shape index (κ1) is 11.6. The lowest BCUT2D eigenvalue weighted by Crippen LogP contribution is -2.14. The molecule has 0 aliphatic rings. The highest BCUT2D eigenvalue weighted by molar-refractivity contribution is 5.76. The number of hydrogen-bond donors (Lipinski definition) is 1. The van der Waals surface area contributed by atoms with E-state index in [0.29, 0.717) is 5.69 Å². The van der Waals surface area contributed by atoms with Gasteiger partial charge in [-0.15, -0.1) is 0 Å². The van der Waals surface area contributed by atoms with Gasteiger partial charge in [-0.3, -0.25) is 9.78 Å².